The monoisotopic (exact) mass is 245 g/mol. The second-order valence-corrected chi connectivity index (χ2v) is 0. The molecule has 9 radical (unpaired) electrons. The van der Waals surface area contributed by atoms with Gasteiger partial charge in [-0.15, -0.1) is 0 Å². The van der Waals surface area contributed by atoms with Crippen LogP contribution in [-0.2, 0) is 0 Å². The Balaban J connectivity index is 0. The van der Waals surface area contributed by atoms with Crippen LogP contribution in [0.4, 0.5) is 0 Å². The Hall–Kier alpha value is 2.47. The summed E-state index contributed by atoms with van der Waals surface area (Å²) < 4.78 is 0. The summed E-state index contributed by atoms with van der Waals surface area (Å²) in [5, 5.41) is 0. The molecule has 0 spiro atoms. The van der Waals surface area contributed by atoms with Crippen molar-refractivity contribution in [3.63, 3.8) is 0 Å². The Morgan fingerprint density at radius 1 is 1.00 bits per heavy atom. The van der Waals surface area contributed by atoms with E-state index in [9.17, 15) is 0 Å². The molecule has 0 bridgehead atoms. The first-order chi connectivity index (χ1) is 0. The number of rotatable bonds is 0. The van der Waals surface area contributed by atoms with Crippen LogP contribution in [0, 0.1) is 0 Å². The smallest absolute Gasteiger partial charge is 0 e. The van der Waals surface area contributed by atoms with Gasteiger partial charge in [0.2, 0.25) is 0 Å². The third-order valence-electron chi connectivity index (χ3n) is 0. The molecule has 0 nitrogen and oxygen atoms in total. The molecule has 0 aliphatic rings. The van der Waals surface area contributed by atoms with Gasteiger partial charge in [0.25, 0.3) is 0 Å². The van der Waals surface area contributed by atoms with Crippen molar-refractivity contribution in [2.75, 3.05) is 0 Å². The van der Waals surface area contributed by atoms with Gasteiger partial charge >= 0.3 is 0 Å². The average molecular weight is 246 g/mol. The van der Waals surface area contributed by atoms with E-state index >= 15 is 0 Å². The van der Waals surface area contributed by atoms with Gasteiger partial charge in [-0.2, -0.15) is 9.90 Å². The van der Waals surface area contributed by atoms with Crippen molar-refractivity contribution in [1.82, 2.24) is 0 Å². The molecule has 0 N–H and O–H groups in total. The first kappa shape index (κ1) is 31.7. The number of hydrogen-bond donors (Lipinski definition) is 0. The standard InChI is InChI=1S/Al.Ga.In.H3P/h;;;1H3. The zero-order valence-corrected chi connectivity index (χ0v) is 10.7. The molecule has 0 aromatic rings. The minimum Gasteiger partial charge on any atom is -0.153 e. The van der Waals surface area contributed by atoms with Crippen LogP contribution in [0.3, 0.4) is 0 Å². The molecule has 0 amide bonds. The van der Waals surface area contributed by atoms with E-state index in [0.717, 1.165) is 0 Å². The maximum Gasteiger partial charge on any atom is 0 e. The third kappa shape index (κ3) is 8.82. The summed E-state index contributed by atoms with van der Waals surface area (Å²) in [6.45, 7) is 0. The van der Waals surface area contributed by atoms with Crippen LogP contribution in [0.1, 0.15) is 0 Å². The molecule has 1 atom stereocenters. The quantitative estimate of drug-likeness (QED) is 0.376. The Morgan fingerprint density at radius 3 is 1.00 bits per heavy atom. The van der Waals surface area contributed by atoms with Crippen molar-refractivity contribution in [2.24, 2.45) is 0 Å². The Morgan fingerprint density at radius 2 is 1.00 bits per heavy atom. The van der Waals surface area contributed by atoms with Crippen molar-refractivity contribution in [3.8, 4) is 0 Å². The molecule has 0 fully saturated rings. The minimum atomic E-state index is 0. The molecule has 4 heavy (non-hydrogen) atoms. The summed E-state index contributed by atoms with van der Waals surface area (Å²) in [7, 11) is 0. The molecule has 0 aliphatic carbocycles. The predicted molar refractivity (Wildman–Crippen MR) is 28.4 cm³/mol. The third-order valence-corrected chi connectivity index (χ3v) is 0. The van der Waals surface area contributed by atoms with Crippen LogP contribution in [0.5, 0.6) is 0 Å². The Labute approximate surface area is 72.1 Å². The summed E-state index contributed by atoms with van der Waals surface area (Å²) in [6.07, 6.45) is 0. The molecule has 0 heterocycles. The fourth-order valence-corrected chi connectivity index (χ4v) is 0. The fraction of sp³-hybridized carbons (Fsp3) is 0. The van der Waals surface area contributed by atoms with Crippen LogP contribution in [0.2, 0.25) is 0 Å². The van der Waals surface area contributed by atoms with E-state index in [-0.39, 0.29) is 72.9 Å². The van der Waals surface area contributed by atoms with E-state index in [1.165, 1.54) is 0 Å². The van der Waals surface area contributed by atoms with E-state index in [2.05, 4.69) is 0 Å². The maximum absolute atomic E-state index is 0. The van der Waals surface area contributed by atoms with Crippen molar-refractivity contribution in [2.45, 2.75) is 0 Å². The number of hydrogen-bond acceptors (Lipinski definition) is 0. The normalized spacial score (nSPS) is 0. The van der Waals surface area contributed by atoms with Gasteiger partial charge < -0.3 is 0 Å². The van der Waals surface area contributed by atoms with Crippen LogP contribution >= 0.6 is 9.90 Å². The molecule has 0 aromatic carbocycles. The molecule has 0 aliphatic heterocycles. The van der Waals surface area contributed by atoms with Crippen molar-refractivity contribution in [1.29, 1.82) is 0 Å². The predicted octanol–water partition coefficient (Wildman–Crippen LogP) is -1.08. The molecule has 0 saturated carbocycles. The molecular weight excluding hydrogens is 242 g/mol. The van der Waals surface area contributed by atoms with E-state index < -0.39 is 0 Å². The van der Waals surface area contributed by atoms with Crippen LogP contribution in [-0.4, -0.2) is 63.0 Å². The van der Waals surface area contributed by atoms with Gasteiger partial charge in [-0.25, -0.2) is 0 Å². The average Bonchev–Trinajstić information content (AvgIpc) is 0. The molecule has 17 valence electrons. The van der Waals surface area contributed by atoms with Gasteiger partial charge in [0.15, 0.2) is 0 Å². The van der Waals surface area contributed by atoms with Crippen LogP contribution < -0.4 is 0 Å². The van der Waals surface area contributed by atoms with Gasteiger partial charge in [0.1, 0.15) is 0 Å². The van der Waals surface area contributed by atoms with Gasteiger partial charge in [-0.05, 0) is 0 Å². The van der Waals surface area contributed by atoms with Crippen LogP contribution in [0.25, 0.3) is 0 Å². The zero-order valence-electron chi connectivity index (χ0n) is 2.44. The zero-order chi connectivity index (χ0) is 0. The maximum atomic E-state index is 0. The minimum absolute atomic E-state index is 0. The van der Waals surface area contributed by atoms with Crippen molar-refractivity contribution >= 4 is 72.9 Å². The summed E-state index contributed by atoms with van der Waals surface area (Å²) in [5.74, 6) is 0. The van der Waals surface area contributed by atoms with Gasteiger partial charge in [0.05, 0.1) is 0 Å². The van der Waals surface area contributed by atoms with Gasteiger partial charge in [-0.3, -0.25) is 0 Å². The largest absolute Gasteiger partial charge is 0.153 e. The Kier molecular flexibility index (Phi) is 142. The first-order valence-corrected chi connectivity index (χ1v) is 0. The van der Waals surface area contributed by atoms with Crippen LogP contribution in [0.15, 0.2) is 0 Å². The van der Waals surface area contributed by atoms with E-state index in [0.29, 0.717) is 0 Å². The first-order valence-electron chi connectivity index (χ1n) is 0. The van der Waals surface area contributed by atoms with E-state index in [1.807, 2.05) is 0 Å². The van der Waals surface area contributed by atoms with E-state index in [4.69, 9.17) is 0 Å². The second-order valence-electron chi connectivity index (χ2n) is 0. The second kappa shape index (κ2) is 17.9. The Bertz CT molecular complexity index is 8.00. The van der Waals surface area contributed by atoms with Crippen molar-refractivity contribution in [3.05, 3.63) is 0 Å². The summed E-state index contributed by atoms with van der Waals surface area (Å²) >= 11 is 0. The molecule has 0 aromatic heterocycles. The molecule has 0 rings (SSSR count). The summed E-state index contributed by atoms with van der Waals surface area (Å²) in [4.78, 5) is 0. The molecule has 0 saturated heterocycles. The molecular formula is H3AlGaInP. The van der Waals surface area contributed by atoms with Crippen molar-refractivity contribution < 1.29 is 0 Å². The van der Waals surface area contributed by atoms with Gasteiger partial charge in [0, 0.05) is 63.0 Å². The molecule has 4 heteroatoms. The summed E-state index contributed by atoms with van der Waals surface area (Å²) in [6, 6.07) is 0. The van der Waals surface area contributed by atoms with E-state index in [1.54, 1.807) is 0 Å². The van der Waals surface area contributed by atoms with Gasteiger partial charge in [-0.1, -0.05) is 0 Å². The fourth-order valence-electron chi connectivity index (χ4n) is 0. The topological polar surface area (TPSA) is 0 Å². The molecule has 1 unspecified atom stereocenters. The SMILES string of the molecule is P.[Al].[Ga].[In]. The summed E-state index contributed by atoms with van der Waals surface area (Å²) in [5.41, 5.74) is 0.